The smallest absolute Gasteiger partial charge is 0.225 e. The molecule has 1 amide bonds. The van der Waals surface area contributed by atoms with E-state index in [9.17, 15) is 9.59 Å². The van der Waals surface area contributed by atoms with Gasteiger partial charge in [0.2, 0.25) is 5.91 Å². The van der Waals surface area contributed by atoms with Gasteiger partial charge in [-0.2, -0.15) is 0 Å². The molecule has 1 aromatic heterocycles. The van der Waals surface area contributed by atoms with E-state index in [0.29, 0.717) is 24.3 Å². The van der Waals surface area contributed by atoms with Crippen molar-refractivity contribution in [3.8, 4) is 0 Å². The third-order valence-corrected chi connectivity index (χ3v) is 7.51. The summed E-state index contributed by atoms with van der Waals surface area (Å²) in [6.45, 7) is 3.88. The average Bonchev–Trinajstić information content (AvgIpc) is 3.75. The number of carbonyl (C=O) groups is 2. The lowest BCUT2D eigenvalue weighted by Gasteiger charge is -2.35. The van der Waals surface area contributed by atoms with Crippen LogP contribution in [-0.2, 0) is 9.59 Å². The van der Waals surface area contributed by atoms with Crippen molar-refractivity contribution >= 4 is 29.5 Å². The third-order valence-electron chi connectivity index (χ3n) is 7.51. The second kappa shape index (κ2) is 11.3. The van der Waals surface area contributed by atoms with Crippen LogP contribution in [0.3, 0.4) is 0 Å². The van der Waals surface area contributed by atoms with Gasteiger partial charge in [0, 0.05) is 50.9 Å². The van der Waals surface area contributed by atoms with Crippen LogP contribution in [0.1, 0.15) is 50.0 Å². The number of piperidine rings is 2. The SMILES string of the molecule is CN(CC=O)N[C@@H]1CCCN(c2cncc(Nc3ccc(C4CCN(C(=O)C5CC5)CC4)cc3)n2)C1. The number of hydrogen-bond acceptors (Lipinski definition) is 8. The van der Waals surface area contributed by atoms with Gasteiger partial charge in [-0.15, -0.1) is 0 Å². The Morgan fingerprint density at radius 1 is 1.08 bits per heavy atom. The van der Waals surface area contributed by atoms with Crippen LogP contribution in [0.2, 0.25) is 0 Å². The van der Waals surface area contributed by atoms with E-state index in [1.54, 1.807) is 6.20 Å². The highest BCUT2D eigenvalue weighted by molar-refractivity contribution is 5.81. The van der Waals surface area contributed by atoms with Crippen molar-refractivity contribution in [1.82, 2.24) is 25.3 Å². The van der Waals surface area contributed by atoms with Gasteiger partial charge < -0.3 is 19.9 Å². The number of rotatable bonds is 9. The highest BCUT2D eigenvalue weighted by Gasteiger charge is 2.35. The second-order valence-corrected chi connectivity index (χ2v) is 10.3. The Morgan fingerprint density at radius 2 is 1.86 bits per heavy atom. The van der Waals surface area contributed by atoms with Crippen molar-refractivity contribution in [2.75, 3.05) is 50.0 Å². The molecule has 1 aromatic carbocycles. The zero-order chi connectivity index (χ0) is 24.9. The van der Waals surface area contributed by atoms with Gasteiger partial charge in [0.05, 0.1) is 18.9 Å². The van der Waals surface area contributed by atoms with E-state index < -0.39 is 0 Å². The molecular weight excluding hydrogens is 454 g/mol. The van der Waals surface area contributed by atoms with Crippen LogP contribution in [0.4, 0.5) is 17.3 Å². The molecule has 3 heterocycles. The molecule has 36 heavy (non-hydrogen) atoms. The number of nitrogens with zero attached hydrogens (tertiary/aromatic N) is 5. The maximum Gasteiger partial charge on any atom is 0.225 e. The molecular formula is C27H37N7O2. The summed E-state index contributed by atoms with van der Waals surface area (Å²) >= 11 is 0. The molecule has 2 aromatic rings. The lowest BCUT2D eigenvalue weighted by molar-refractivity contribution is -0.133. The van der Waals surface area contributed by atoms with Crippen molar-refractivity contribution in [2.45, 2.75) is 50.5 Å². The summed E-state index contributed by atoms with van der Waals surface area (Å²) in [7, 11) is 1.89. The van der Waals surface area contributed by atoms with Gasteiger partial charge in [-0.05, 0) is 62.1 Å². The van der Waals surface area contributed by atoms with E-state index in [4.69, 9.17) is 4.98 Å². The van der Waals surface area contributed by atoms with Crippen LogP contribution >= 0.6 is 0 Å². The van der Waals surface area contributed by atoms with Gasteiger partial charge in [-0.1, -0.05) is 12.1 Å². The lowest BCUT2D eigenvalue weighted by atomic mass is 9.89. The Kier molecular flexibility index (Phi) is 7.77. The van der Waals surface area contributed by atoms with Gasteiger partial charge in [-0.25, -0.2) is 9.99 Å². The first kappa shape index (κ1) is 24.6. The Bertz CT molecular complexity index is 1030. The molecule has 2 aliphatic heterocycles. The average molecular weight is 492 g/mol. The molecule has 9 nitrogen and oxygen atoms in total. The van der Waals surface area contributed by atoms with Crippen LogP contribution in [0.25, 0.3) is 0 Å². The standard InChI is InChI=1S/C27H37N7O2/c1-32(15-16-35)31-24-3-2-12-34(19-24)26-18-28-17-25(30-26)29-23-8-6-20(7-9-23)21-10-13-33(14-11-21)27(36)22-4-5-22/h6-9,16-18,21-22,24,31H,2-5,10-15,19H2,1H3,(H,29,30)/t24-/m1/s1. The number of hydrogen-bond donors (Lipinski definition) is 2. The summed E-state index contributed by atoms with van der Waals surface area (Å²) in [5.74, 6) is 2.78. The maximum absolute atomic E-state index is 12.3. The van der Waals surface area contributed by atoms with Crippen LogP contribution in [-0.4, -0.2) is 77.9 Å². The first-order valence-electron chi connectivity index (χ1n) is 13.2. The number of anilines is 3. The minimum Gasteiger partial charge on any atom is -0.354 e. The number of aldehydes is 1. The third kappa shape index (κ3) is 6.20. The van der Waals surface area contributed by atoms with E-state index in [-0.39, 0.29) is 6.04 Å². The van der Waals surface area contributed by atoms with E-state index in [1.165, 1.54) is 5.56 Å². The molecule has 1 aliphatic carbocycles. The predicted molar refractivity (Wildman–Crippen MR) is 140 cm³/mol. The van der Waals surface area contributed by atoms with Crippen LogP contribution < -0.4 is 15.6 Å². The number of likely N-dealkylation sites (tertiary alicyclic amines) is 1. The largest absolute Gasteiger partial charge is 0.354 e. The van der Waals surface area contributed by atoms with Crippen LogP contribution in [0.5, 0.6) is 0 Å². The fourth-order valence-corrected chi connectivity index (χ4v) is 5.34. The van der Waals surface area contributed by atoms with E-state index in [2.05, 4.69) is 49.8 Å². The fraction of sp³-hybridized carbons (Fsp3) is 0.556. The van der Waals surface area contributed by atoms with Crippen LogP contribution in [0.15, 0.2) is 36.7 Å². The number of likely N-dealkylation sites (N-methyl/N-ethyl adjacent to an activating group) is 1. The molecule has 1 atom stereocenters. The highest BCUT2D eigenvalue weighted by Crippen LogP contribution is 2.34. The summed E-state index contributed by atoms with van der Waals surface area (Å²) in [4.78, 5) is 36.6. The number of nitrogens with one attached hydrogen (secondary N) is 2. The lowest BCUT2D eigenvalue weighted by Crippen LogP contribution is -2.51. The summed E-state index contributed by atoms with van der Waals surface area (Å²) in [6.07, 6.45) is 10.8. The number of carbonyl (C=O) groups excluding carboxylic acids is 2. The molecule has 2 saturated heterocycles. The maximum atomic E-state index is 12.3. The predicted octanol–water partition coefficient (Wildman–Crippen LogP) is 2.94. The van der Waals surface area contributed by atoms with Gasteiger partial charge in [0.1, 0.15) is 12.1 Å². The van der Waals surface area contributed by atoms with Crippen molar-refractivity contribution < 1.29 is 9.59 Å². The Morgan fingerprint density at radius 3 is 2.58 bits per heavy atom. The summed E-state index contributed by atoms with van der Waals surface area (Å²) in [6, 6.07) is 8.87. The quantitative estimate of drug-likeness (QED) is 0.409. The summed E-state index contributed by atoms with van der Waals surface area (Å²) in [5.41, 5.74) is 5.72. The number of amides is 1. The summed E-state index contributed by atoms with van der Waals surface area (Å²) < 4.78 is 0. The normalized spacial score (nSPS) is 21.0. The van der Waals surface area contributed by atoms with Crippen molar-refractivity contribution in [2.24, 2.45) is 5.92 Å². The molecule has 3 fully saturated rings. The summed E-state index contributed by atoms with van der Waals surface area (Å²) in [5, 5.41) is 5.24. The molecule has 192 valence electrons. The Balaban J connectivity index is 1.15. The number of aromatic nitrogens is 2. The van der Waals surface area contributed by atoms with Crippen molar-refractivity contribution in [1.29, 1.82) is 0 Å². The fourth-order valence-electron chi connectivity index (χ4n) is 5.34. The molecule has 1 saturated carbocycles. The van der Waals surface area contributed by atoms with Crippen LogP contribution in [0, 0.1) is 5.92 Å². The van der Waals surface area contributed by atoms with Gasteiger partial charge in [0.15, 0.2) is 5.82 Å². The monoisotopic (exact) mass is 491 g/mol. The van der Waals surface area contributed by atoms with Crippen molar-refractivity contribution in [3.05, 3.63) is 42.2 Å². The molecule has 0 unspecified atom stereocenters. The highest BCUT2D eigenvalue weighted by atomic mass is 16.2. The molecule has 9 heteroatoms. The number of hydrazine groups is 1. The minimum atomic E-state index is 0.272. The molecule has 0 bridgehead atoms. The Hall–Kier alpha value is -3.04. The Labute approximate surface area is 213 Å². The number of benzene rings is 1. The van der Waals surface area contributed by atoms with Gasteiger partial charge in [-0.3, -0.25) is 15.2 Å². The van der Waals surface area contributed by atoms with Gasteiger partial charge in [0.25, 0.3) is 0 Å². The molecule has 3 aliphatic rings. The first-order chi connectivity index (χ1) is 17.6. The van der Waals surface area contributed by atoms with Gasteiger partial charge >= 0.3 is 0 Å². The zero-order valence-electron chi connectivity index (χ0n) is 21.1. The molecule has 0 radical (unpaired) electrons. The zero-order valence-corrected chi connectivity index (χ0v) is 21.1. The molecule has 0 spiro atoms. The first-order valence-corrected chi connectivity index (χ1v) is 13.2. The van der Waals surface area contributed by atoms with Crippen molar-refractivity contribution in [3.63, 3.8) is 0 Å². The van der Waals surface area contributed by atoms with E-state index in [1.807, 2.05) is 18.3 Å². The molecule has 2 N–H and O–H groups in total. The van der Waals surface area contributed by atoms with E-state index >= 15 is 0 Å². The van der Waals surface area contributed by atoms with E-state index in [0.717, 1.165) is 88.3 Å². The molecule has 5 rings (SSSR count). The topological polar surface area (TPSA) is 93.7 Å². The minimum absolute atomic E-state index is 0.272. The second-order valence-electron chi connectivity index (χ2n) is 10.3.